The van der Waals surface area contributed by atoms with Gasteiger partial charge in [-0.05, 0) is 69.7 Å². The van der Waals surface area contributed by atoms with Gasteiger partial charge in [-0.3, -0.25) is 0 Å². The summed E-state index contributed by atoms with van der Waals surface area (Å²) in [4.78, 5) is 13.0. The summed E-state index contributed by atoms with van der Waals surface area (Å²) in [6, 6.07) is 12.0. The van der Waals surface area contributed by atoms with Crippen molar-refractivity contribution in [3.63, 3.8) is 0 Å². The van der Waals surface area contributed by atoms with E-state index in [4.69, 9.17) is 21.3 Å². The molecule has 0 unspecified atom stereocenters. The Hall–Kier alpha value is -2.08. The monoisotopic (exact) mass is 412 g/mol. The molecule has 0 atom stereocenters. The van der Waals surface area contributed by atoms with Gasteiger partial charge in [0.25, 0.3) is 0 Å². The van der Waals surface area contributed by atoms with Crippen molar-refractivity contribution in [3.05, 3.63) is 47.0 Å². The lowest BCUT2D eigenvalue weighted by molar-refractivity contribution is 0.237. The fourth-order valence-electron chi connectivity index (χ4n) is 3.87. The largest absolute Gasteiger partial charge is 0.492 e. The second-order valence-electron chi connectivity index (χ2n) is 7.90. The molecule has 0 amide bonds. The fraction of sp³-hybridized carbons (Fsp3) is 0.435. The summed E-state index contributed by atoms with van der Waals surface area (Å²) in [7, 11) is 2.20. The Kier molecular flexibility index (Phi) is 6.38. The minimum atomic E-state index is 0.621. The number of halogens is 1. The van der Waals surface area contributed by atoms with Gasteiger partial charge in [-0.1, -0.05) is 23.7 Å². The molecule has 4 rings (SSSR count). The molecule has 1 N–H and O–H groups in total. The van der Waals surface area contributed by atoms with E-state index in [-0.39, 0.29) is 0 Å². The number of aryl methyl sites for hydroxylation is 1. The second-order valence-corrected chi connectivity index (χ2v) is 8.31. The van der Waals surface area contributed by atoms with E-state index < -0.39 is 0 Å². The molecule has 1 aliphatic heterocycles. The summed E-state index contributed by atoms with van der Waals surface area (Å²) in [6.45, 7) is 8.48. The van der Waals surface area contributed by atoms with Crippen LogP contribution in [0.3, 0.4) is 0 Å². The number of rotatable bonds is 6. The fourth-order valence-corrected chi connectivity index (χ4v) is 4.11. The van der Waals surface area contributed by atoms with Gasteiger partial charge in [0.05, 0.1) is 22.7 Å². The van der Waals surface area contributed by atoms with Crippen molar-refractivity contribution in [2.24, 2.45) is 0 Å². The number of hydrogen-bond donors (Lipinski definition) is 1. The third-order valence-corrected chi connectivity index (χ3v) is 5.90. The standard InChI is InChI=1S/C23H29ClN4O/c1-17-6-3-7-20-22(17)26-23(25-20)18-8-9-21(19(24)16-18)29-15-5-12-28-11-4-10-27(2)13-14-28/h3,6-9,16H,4-5,10-15H2,1-2H3,(H,25,26). The maximum Gasteiger partial charge on any atom is 0.138 e. The van der Waals surface area contributed by atoms with E-state index in [9.17, 15) is 0 Å². The predicted octanol–water partition coefficient (Wildman–Crippen LogP) is 4.60. The number of aromatic nitrogens is 2. The molecule has 2 heterocycles. The van der Waals surface area contributed by atoms with Gasteiger partial charge in [0.2, 0.25) is 0 Å². The maximum absolute atomic E-state index is 6.49. The first kappa shape index (κ1) is 20.2. The van der Waals surface area contributed by atoms with Crippen LogP contribution in [-0.2, 0) is 0 Å². The Bertz CT molecular complexity index is 971. The SMILES string of the molecule is Cc1cccc2[nH]c(-c3ccc(OCCCN4CCCN(C)CC4)c(Cl)c3)nc12. The molecule has 0 saturated carbocycles. The summed E-state index contributed by atoms with van der Waals surface area (Å²) in [5.74, 6) is 1.56. The molecule has 154 valence electrons. The highest BCUT2D eigenvalue weighted by Crippen LogP contribution is 2.30. The van der Waals surface area contributed by atoms with Gasteiger partial charge < -0.3 is 19.5 Å². The minimum absolute atomic E-state index is 0.621. The first-order valence-electron chi connectivity index (χ1n) is 10.4. The lowest BCUT2D eigenvalue weighted by atomic mass is 10.2. The third kappa shape index (κ3) is 4.92. The number of para-hydroxylation sites is 1. The van der Waals surface area contributed by atoms with Crippen LogP contribution in [0.4, 0.5) is 0 Å². The number of ether oxygens (including phenoxy) is 1. The highest BCUT2D eigenvalue weighted by molar-refractivity contribution is 6.32. The van der Waals surface area contributed by atoms with Crippen molar-refractivity contribution in [2.75, 3.05) is 46.4 Å². The predicted molar refractivity (Wildman–Crippen MR) is 120 cm³/mol. The first-order valence-corrected chi connectivity index (χ1v) is 10.8. The highest BCUT2D eigenvalue weighted by atomic mass is 35.5. The van der Waals surface area contributed by atoms with E-state index in [0.717, 1.165) is 59.8 Å². The van der Waals surface area contributed by atoms with E-state index in [2.05, 4.69) is 34.8 Å². The number of hydrogen-bond acceptors (Lipinski definition) is 4. The molecule has 1 saturated heterocycles. The van der Waals surface area contributed by atoms with Crippen molar-refractivity contribution >= 4 is 22.6 Å². The number of imidazole rings is 1. The zero-order chi connectivity index (χ0) is 20.2. The van der Waals surface area contributed by atoms with Crippen molar-refractivity contribution in [1.29, 1.82) is 0 Å². The molecule has 3 aromatic rings. The first-order chi connectivity index (χ1) is 14.1. The van der Waals surface area contributed by atoms with Gasteiger partial charge in [0.1, 0.15) is 11.6 Å². The summed E-state index contributed by atoms with van der Waals surface area (Å²) in [6.07, 6.45) is 2.25. The van der Waals surface area contributed by atoms with Gasteiger partial charge in [0, 0.05) is 25.2 Å². The quantitative estimate of drug-likeness (QED) is 0.601. The van der Waals surface area contributed by atoms with Crippen LogP contribution in [0, 0.1) is 6.92 Å². The smallest absolute Gasteiger partial charge is 0.138 e. The Morgan fingerprint density at radius 1 is 1.14 bits per heavy atom. The number of nitrogens with one attached hydrogen (secondary N) is 1. The van der Waals surface area contributed by atoms with Crippen molar-refractivity contribution in [2.45, 2.75) is 19.8 Å². The molecule has 0 bridgehead atoms. The van der Waals surface area contributed by atoms with Crippen LogP contribution in [0.25, 0.3) is 22.4 Å². The molecular weight excluding hydrogens is 384 g/mol. The molecule has 1 aliphatic rings. The summed E-state index contributed by atoms with van der Waals surface area (Å²) < 4.78 is 5.95. The normalized spacial score (nSPS) is 16.2. The summed E-state index contributed by atoms with van der Waals surface area (Å²) >= 11 is 6.49. The van der Waals surface area contributed by atoms with E-state index in [1.807, 2.05) is 30.3 Å². The molecule has 0 radical (unpaired) electrons. The molecular formula is C23H29ClN4O. The molecule has 2 aromatic carbocycles. The van der Waals surface area contributed by atoms with E-state index >= 15 is 0 Å². The third-order valence-electron chi connectivity index (χ3n) is 5.61. The zero-order valence-corrected chi connectivity index (χ0v) is 18.0. The van der Waals surface area contributed by atoms with Crippen LogP contribution in [0.1, 0.15) is 18.4 Å². The van der Waals surface area contributed by atoms with E-state index in [0.29, 0.717) is 11.6 Å². The van der Waals surface area contributed by atoms with Crippen LogP contribution in [0.15, 0.2) is 36.4 Å². The summed E-state index contributed by atoms with van der Waals surface area (Å²) in [5, 5.41) is 0.621. The Morgan fingerprint density at radius 2 is 2.03 bits per heavy atom. The van der Waals surface area contributed by atoms with Gasteiger partial charge in [-0.2, -0.15) is 0 Å². The molecule has 0 spiro atoms. The molecule has 29 heavy (non-hydrogen) atoms. The lowest BCUT2D eigenvalue weighted by Crippen LogP contribution is -2.30. The zero-order valence-electron chi connectivity index (χ0n) is 17.2. The molecule has 0 aliphatic carbocycles. The van der Waals surface area contributed by atoms with E-state index in [1.54, 1.807) is 0 Å². The number of aromatic amines is 1. The van der Waals surface area contributed by atoms with Crippen molar-refractivity contribution < 1.29 is 4.74 Å². The van der Waals surface area contributed by atoms with Crippen LogP contribution < -0.4 is 4.74 Å². The topological polar surface area (TPSA) is 44.4 Å². The Balaban J connectivity index is 1.34. The van der Waals surface area contributed by atoms with Crippen LogP contribution in [-0.4, -0.2) is 66.1 Å². The highest BCUT2D eigenvalue weighted by Gasteiger charge is 2.12. The van der Waals surface area contributed by atoms with E-state index in [1.165, 1.54) is 19.5 Å². The molecule has 5 nitrogen and oxygen atoms in total. The van der Waals surface area contributed by atoms with Crippen molar-refractivity contribution in [3.8, 4) is 17.1 Å². The second kappa shape index (κ2) is 9.16. The maximum atomic E-state index is 6.49. The van der Waals surface area contributed by atoms with Gasteiger partial charge in [0.15, 0.2) is 0 Å². The lowest BCUT2D eigenvalue weighted by Gasteiger charge is -2.20. The average Bonchev–Trinajstić information content (AvgIpc) is 3.05. The molecule has 1 fully saturated rings. The Morgan fingerprint density at radius 3 is 2.86 bits per heavy atom. The number of nitrogens with zero attached hydrogens (tertiary/aromatic N) is 3. The minimum Gasteiger partial charge on any atom is -0.492 e. The van der Waals surface area contributed by atoms with Gasteiger partial charge in [-0.15, -0.1) is 0 Å². The average molecular weight is 413 g/mol. The van der Waals surface area contributed by atoms with Crippen LogP contribution >= 0.6 is 11.6 Å². The van der Waals surface area contributed by atoms with Crippen LogP contribution in [0.5, 0.6) is 5.75 Å². The number of benzene rings is 2. The molecule has 1 aromatic heterocycles. The van der Waals surface area contributed by atoms with Gasteiger partial charge in [-0.25, -0.2) is 4.98 Å². The van der Waals surface area contributed by atoms with Crippen LogP contribution in [0.2, 0.25) is 5.02 Å². The Labute approximate surface area is 177 Å². The summed E-state index contributed by atoms with van der Waals surface area (Å²) in [5.41, 5.74) is 4.16. The number of likely N-dealkylation sites (N-methyl/N-ethyl adjacent to an activating group) is 1. The van der Waals surface area contributed by atoms with Gasteiger partial charge >= 0.3 is 0 Å². The number of H-pyrrole nitrogens is 1. The van der Waals surface area contributed by atoms with Crippen molar-refractivity contribution in [1.82, 2.24) is 19.8 Å². The number of fused-ring (bicyclic) bond motifs is 1. The molecule has 6 heteroatoms.